The lowest BCUT2D eigenvalue weighted by Gasteiger charge is -2.21. The van der Waals surface area contributed by atoms with Crippen LogP contribution in [-0.4, -0.2) is 53.1 Å². The number of hydrogen-bond donors (Lipinski definition) is 3. The normalized spacial score (nSPS) is 21.4. The number of hydrogen-bond acceptors (Lipinski definition) is 13. The van der Waals surface area contributed by atoms with Crippen LogP contribution in [0, 0.1) is 0 Å². The summed E-state index contributed by atoms with van der Waals surface area (Å²) in [7, 11) is -4.66. The molecule has 0 fully saturated rings. The van der Waals surface area contributed by atoms with E-state index in [1.807, 2.05) is 0 Å². The molecule has 26 heavy (non-hydrogen) atoms. The van der Waals surface area contributed by atoms with Gasteiger partial charge in [-0.05, 0) is 41.5 Å². The molecule has 13 nitrogen and oxygen atoms in total. The van der Waals surface area contributed by atoms with Gasteiger partial charge in [0.1, 0.15) is 0 Å². The van der Waals surface area contributed by atoms with Gasteiger partial charge in [0.05, 0.1) is 0 Å². The van der Waals surface area contributed by atoms with Crippen molar-refractivity contribution in [3.05, 3.63) is 0 Å². The second kappa shape index (κ2) is 13.0. The van der Waals surface area contributed by atoms with Crippen LogP contribution in [0.4, 0.5) is 0 Å². The highest BCUT2D eigenvalue weighted by atomic mass is 31.2. The number of phosphoric acid groups is 1. The maximum Gasteiger partial charge on any atom is 0.557 e. The van der Waals surface area contributed by atoms with Gasteiger partial charge in [0, 0.05) is 0 Å². The van der Waals surface area contributed by atoms with Crippen LogP contribution in [-0.2, 0) is 47.5 Å². The fourth-order valence-corrected chi connectivity index (χ4v) is 2.03. The van der Waals surface area contributed by atoms with Crippen LogP contribution >= 0.6 is 7.82 Å². The Morgan fingerprint density at radius 1 is 0.577 bits per heavy atom. The molecular weight excluding hydrogens is 383 g/mol. The molecule has 0 aromatic carbocycles. The SMILES string of the molecule is CC(O)OC(C)OOP(=O)(OOC(C)OC(C)O)OOC(C)OC(C)O. The highest BCUT2D eigenvalue weighted by molar-refractivity contribution is 7.48. The lowest BCUT2D eigenvalue weighted by molar-refractivity contribution is -0.412. The number of aliphatic hydroxyl groups excluding tert-OH is 3. The molecule has 0 saturated carbocycles. The monoisotopic (exact) mass is 410 g/mol. The third kappa shape index (κ3) is 13.9. The first kappa shape index (κ1) is 25.8. The van der Waals surface area contributed by atoms with Gasteiger partial charge in [-0.3, -0.25) is 0 Å². The van der Waals surface area contributed by atoms with Crippen molar-refractivity contribution in [2.24, 2.45) is 0 Å². The molecule has 0 heterocycles. The lowest BCUT2D eigenvalue weighted by Crippen LogP contribution is -2.23. The third-order valence-corrected chi connectivity index (χ3v) is 2.78. The second-order valence-corrected chi connectivity index (χ2v) is 6.21. The first-order chi connectivity index (χ1) is 11.9. The first-order valence-corrected chi connectivity index (χ1v) is 9.05. The molecule has 0 aliphatic carbocycles. The van der Waals surface area contributed by atoms with Crippen LogP contribution in [0.3, 0.4) is 0 Å². The van der Waals surface area contributed by atoms with Gasteiger partial charge in [-0.25, -0.2) is 4.57 Å². The minimum atomic E-state index is -4.66. The molecule has 6 atom stereocenters. The van der Waals surface area contributed by atoms with Crippen molar-refractivity contribution in [2.75, 3.05) is 0 Å². The molecule has 0 amide bonds. The Morgan fingerprint density at radius 3 is 1.00 bits per heavy atom. The predicted molar refractivity (Wildman–Crippen MR) is 80.8 cm³/mol. The smallest absolute Gasteiger partial charge is 0.368 e. The van der Waals surface area contributed by atoms with Gasteiger partial charge in [0.2, 0.25) is 0 Å². The van der Waals surface area contributed by atoms with E-state index in [2.05, 4.69) is 28.7 Å². The van der Waals surface area contributed by atoms with Gasteiger partial charge in [-0.15, -0.1) is 14.0 Å². The molecule has 3 N–H and O–H groups in total. The van der Waals surface area contributed by atoms with Gasteiger partial charge < -0.3 is 29.5 Å². The number of aliphatic hydroxyl groups is 3. The van der Waals surface area contributed by atoms with Crippen molar-refractivity contribution in [3.63, 3.8) is 0 Å². The van der Waals surface area contributed by atoms with Gasteiger partial charge in [-0.2, -0.15) is 14.7 Å². The summed E-state index contributed by atoms with van der Waals surface area (Å²) < 4.78 is 40.2. The van der Waals surface area contributed by atoms with Gasteiger partial charge in [0.15, 0.2) is 37.7 Å². The summed E-state index contributed by atoms with van der Waals surface area (Å²) in [6.07, 6.45) is -7.10. The molecule has 0 rings (SSSR count). The van der Waals surface area contributed by atoms with E-state index in [1.54, 1.807) is 0 Å². The Balaban J connectivity index is 4.70. The molecule has 0 aliphatic rings. The highest BCUT2D eigenvalue weighted by Crippen LogP contribution is 2.51. The summed E-state index contributed by atoms with van der Waals surface area (Å²) in [6.45, 7) is 7.87. The van der Waals surface area contributed by atoms with Crippen molar-refractivity contribution in [1.82, 2.24) is 0 Å². The zero-order chi connectivity index (χ0) is 20.3. The fourth-order valence-electron chi connectivity index (χ4n) is 1.28. The van der Waals surface area contributed by atoms with Crippen molar-refractivity contribution in [2.45, 2.75) is 79.3 Å². The van der Waals surface area contributed by atoms with E-state index in [9.17, 15) is 4.57 Å². The van der Waals surface area contributed by atoms with E-state index in [-0.39, 0.29) is 0 Å². The van der Waals surface area contributed by atoms with E-state index in [4.69, 9.17) is 29.5 Å². The molecule has 6 unspecified atom stereocenters. The molecular formula is C12H27O13P. The zero-order valence-corrected chi connectivity index (χ0v) is 16.2. The maximum absolute atomic E-state index is 12.4. The number of ether oxygens (including phenoxy) is 3. The molecule has 0 aromatic rings. The Kier molecular flexibility index (Phi) is 12.9. The summed E-state index contributed by atoms with van der Waals surface area (Å²) in [5.74, 6) is 0. The second-order valence-electron chi connectivity index (χ2n) is 4.87. The van der Waals surface area contributed by atoms with Crippen molar-refractivity contribution in [3.8, 4) is 0 Å². The Labute approximate surface area is 150 Å². The quantitative estimate of drug-likeness (QED) is 0.152. The van der Waals surface area contributed by atoms with E-state index >= 15 is 0 Å². The standard InChI is InChI=1S/C12H27O13P/c1-7(13)17-10(4)20-23-26(16,24-21-11(5)18-8(2)14)25-22-12(6)19-9(3)15/h7-15H,1-6H3. The number of rotatable bonds is 15. The Hall–Kier alpha value is -0.250. The third-order valence-electron chi connectivity index (χ3n) is 1.98. The first-order valence-electron chi connectivity index (χ1n) is 7.59. The molecule has 0 bridgehead atoms. The zero-order valence-electron chi connectivity index (χ0n) is 15.3. The van der Waals surface area contributed by atoms with Crippen molar-refractivity contribution >= 4 is 7.82 Å². The molecule has 0 saturated heterocycles. The van der Waals surface area contributed by atoms with Crippen LogP contribution < -0.4 is 0 Å². The van der Waals surface area contributed by atoms with Gasteiger partial charge in [0.25, 0.3) is 0 Å². The molecule has 158 valence electrons. The van der Waals surface area contributed by atoms with Crippen LogP contribution in [0.2, 0.25) is 0 Å². The maximum atomic E-state index is 12.4. The molecule has 0 aromatic heterocycles. The van der Waals surface area contributed by atoms with Crippen LogP contribution in [0.1, 0.15) is 41.5 Å². The van der Waals surface area contributed by atoms with Gasteiger partial charge in [-0.1, -0.05) is 0 Å². The van der Waals surface area contributed by atoms with Crippen LogP contribution in [0.15, 0.2) is 0 Å². The van der Waals surface area contributed by atoms with Crippen LogP contribution in [0.25, 0.3) is 0 Å². The molecule has 0 spiro atoms. The molecule has 0 radical (unpaired) electrons. The van der Waals surface area contributed by atoms with E-state index in [0.29, 0.717) is 0 Å². The average molecular weight is 410 g/mol. The lowest BCUT2D eigenvalue weighted by atomic mass is 10.7. The summed E-state index contributed by atoms with van der Waals surface area (Å²) >= 11 is 0. The summed E-state index contributed by atoms with van der Waals surface area (Å²) in [5.41, 5.74) is 0. The highest BCUT2D eigenvalue weighted by Gasteiger charge is 2.36. The topological polar surface area (TPSA) is 161 Å². The molecule has 14 heteroatoms. The van der Waals surface area contributed by atoms with Crippen molar-refractivity contribution in [1.29, 1.82) is 0 Å². The minimum Gasteiger partial charge on any atom is -0.368 e. The minimum absolute atomic E-state index is 1.17. The average Bonchev–Trinajstić information content (AvgIpc) is 2.47. The largest absolute Gasteiger partial charge is 0.557 e. The summed E-state index contributed by atoms with van der Waals surface area (Å²) in [4.78, 5) is 13.8. The Morgan fingerprint density at radius 2 is 0.808 bits per heavy atom. The van der Waals surface area contributed by atoms with E-state index in [1.165, 1.54) is 41.5 Å². The molecule has 0 aliphatic heterocycles. The van der Waals surface area contributed by atoms with Gasteiger partial charge >= 0.3 is 7.82 Å². The Bertz CT molecular complexity index is 348. The summed E-state index contributed by atoms with van der Waals surface area (Å²) in [6, 6.07) is 0. The van der Waals surface area contributed by atoms with Crippen LogP contribution in [0.5, 0.6) is 0 Å². The van der Waals surface area contributed by atoms with E-state index in [0.717, 1.165) is 0 Å². The predicted octanol–water partition coefficient (Wildman–Crippen LogP) is 1.04. The fraction of sp³-hybridized carbons (Fsp3) is 1.00. The van der Waals surface area contributed by atoms with E-state index < -0.39 is 45.6 Å². The van der Waals surface area contributed by atoms with Crippen molar-refractivity contribution < 1.29 is 62.8 Å². The summed E-state index contributed by atoms with van der Waals surface area (Å²) in [5, 5.41) is 27.2.